The van der Waals surface area contributed by atoms with Crippen molar-refractivity contribution in [2.75, 3.05) is 6.54 Å². The number of phenolic OH excluding ortho intramolecular Hbond substituents is 1. The van der Waals surface area contributed by atoms with E-state index in [0.717, 1.165) is 17.7 Å². The summed E-state index contributed by atoms with van der Waals surface area (Å²) in [5.41, 5.74) is 0.474. The molecule has 0 radical (unpaired) electrons. The summed E-state index contributed by atoms with van der Waals surface area (Å²) < 4.78 is 26.9. The quantitative estimate of drug-likeness (QED) is 0.788. The molecule has 0 saturated carbocycles. The van der Waals surface area contributed by atoms with E-state index in [1.165, 1.54) is 6.07 Å². The maximum absolute atomic E-state index is 13.4. The van der Waals surface area contributed by atoms with Gasteiger partial charge >= 0.3 is 0 Å². The number of rotatable bonds is 5. The number of nitrogens with one attached hydrogen (secondary N) is 1. The summed E-state index contributed by atoms with van der Waals surface area (Å²) >= 11 is 0. The average molecular weight is 279 g/mol. The van der Waals surface area contributed by atoms with Gasteiger partial charge in [0.2, 0.25) is 0 Å². The fraction of sp³-hybridized carbons (Fsp3) is 0.200. The van der Waals surface area contributed by atoms with Crippen LogP contribution in [0, 0.1) is 11.6 Å². The minimum absolute atomic E-state index is 0.00745. The van der Waals surface area contributed by atoms with Crippen molar-refractivity contribution in [2.45, 2.75) is 12.6 Å². The van der Waals surface area contributed by atoms with Gasteiger partial charge in [-0.3, -0.25) is 0 Å². The van der Waals surface area contributed by atoms with E-state index in [-0.39, 0.29) is 17.9 Å². The number of halogens is 2. The second-order valence-electron chi connectivity index (χ2n) is 4.45. The third-order valence-corrected chi connectivity index (χ3v) is 2.91. The highest BCUT2D eigenvalue weighted by Crippen LogP contribution is 2.20. The van der Waals surface area contributed by atoms with Crippen molar-refractivity contribution in [1.29, 1.82) is 0 Å². The summed E-state index contributed by atoms with van der Waals surface area (Å²) in [7, 11) is 0. The number of phenols is 1. The first-order chi connectivity index (χ1) is 9.58. The molecule has 0 heterocycles. The minimum Gasteiger partial charge on any atom is -0.508 e. The van der Waals surface area contributed by atoms with E-state index in [2.05, 4.69) is 5.32 Å². The van der Waals surface area contributed by atoms with Gasteiger partial charge in [0, 0.05) is 13.1 Å². The summed E-state index contributed by atoms with van der Waals surface area (Å²) in [5.74, 6) is -1.39. The molecule has 1 atom stereocenters. The molecule has 0 aliphatic carbocycles. The van der Waals surface area contributed by atoms with Gasteiger partial charge in [0.1, 0.15) is 17.4 Å². The number of aliphatic hydroxyl groups excluding tert-OH is 1. The van der Waals surface area contributed by atoms with E-state index < -0.39 is 17.7 Å². The smallest absolute Gasteiger partial charge is 0.131 e. The maximum atomic E-state index is 13.4. The molecule has 2 rings (SSSR count). The van der Waals surface area contributed by atoms with E-state index in [9.17, 15) is 19.0 Å². The molecule has 3 N–H and O–H groups in total. The number of aromatic hydroxyl groups is 1. The van der Waals surface area contributed by atoms with Gasteiger partial charge in [-0.1, -0.05) is 18.2 Å². The largest absolute Gasteiger partial charge is 0.508 e. The Morgan fingerprint density at radius 2 is 1.70 bits per heavy atom. The monoisotopic (exact) mass is 279 g/mol. The van der Waals surface area contributed by atoms with E-state index >= 15 is 0 Å². The van der Waals surface area contributed by atoms with Crippen LogP contribution in [0.1, 0.15) is 17.2 Å². The maximum Gasteiger partial charge on any atom is 0.131 e. The van der Waals surface area contributed by atoms with E-state index in [1.54, 1.807) is 24.3 Å². The first-order valence-electron chi connectivity index (χ1n) is 6.18. The number of hydrogen-bond acceptors (Lipinski definition) is 3. The lowest BCUT2D eigenvalue weighted by Crippen LogP contribution is -2.22. The van der Waals surface area contributed by atoms with Crippen LogP contribution >= 0.6 is 0 Å². The Morgan fingerprint density at radius 3 is 2.35 bits per heavy atom. The summed E-state index contributed by atoms with van der Waals surface area (Å²) in [6.07, 6.45) is -1.27. The van der Waals surface area contributed by atoms with E-state index in [0.29, 0.717) is 6.54 Å². The molecule has 0 amide bonds. The van der Waals surface area contributed by atoms with Crippen molar-refractivity contribution in [3.8, 4) is 5.75 Å². The Balaban J connectivity index is 1.94. The molecule has 0 spiro atoms. The highest BCUT2D eigenvalue weighted by molar-refractivity contribution is 5.27. The van der Waals surface area contributed by atoms with Crippen molar-refractivity contribution < 1.29 is 19.0 Å². The standard InChI is InChI=1S/C15H15F2NO2/c16-12-5-2-6-13(17)15(12)14(20)9-18-8-10-3-1-4-11(19)7-10/h1-7,14,18-20H,8-9H2. The van der Waals surface area contributed by atoms with Gasteiger partial charge < -0.3 is 15.5 Å². The molecule has 0 aromatic heterocycles. The molecule has 0 aliphatic heterocycles. The van der Waals surface area contributed by atoms with Crippen LogP contribution < -0.4 is 5.32 Å². The number of hydrogen-bond donors (Lipinski definition) is 3. The predicted octanol–water partition coefficient (Wildman–Crippen LogP) is 2.49. The zero-order valence-corrected chi connectivity index (χ0v) is 10.7. The fourth-order valence-electron chi connectivity index (χ4n) is 1.95. The lowest BCUT2D eigenvalue weighted by Gasteiger charge is -2.14. The molecule has 0 fully saturated rings. The summed E-state index contributed by atoms with van der Waals surface area (Å²) in [6.45, 7) is 0.384. The van der Waals surface area contributed by atoms with Crippen LogP contribution in [-0.4, -0.2) is 16.8 Å². The molecule has 0 bridgehead atoms. The Hall–Kier alpha value is -1.98. The third kappa shape index (κ3) is 3.53. The Bertz CT molecular complexity index is 570. The highest BCUT2D eigenvalue weighted by atomic mass is 19.1. The van der Waals surface area contributed by atoms with Crippen LogP contribution in [0.2, 0.25) is 0 Å². The normalized spacial score (nSPS) is 12.3. The molecule has 5 heteroatoms. The zero-order valence-electron chi connectivity index (χ0n) is 10.7. The molecule has 106 valence electrons. The first kappa shape index (κ1) is 14.4. The fourth-order valence-corrected chi connectivity index (χ4v) is 1.95. The van der Waals surface area contributed by atoms with Crippen molar-refractivity contribution in [1.82, 2.24) is 5.32 Å². The second-order valence-corrected chi connectivity index (χ2v) is 4.45. The molecule has 1 unspecified atom stereocenters. The summed E-state index contributed by atoms with van der Waals surface area (Å²) in [4.78, 5) is 0. The minimum atomic E-state index is -1.27. The molecule has 2 aromatic carbocycles. The van der Waals surface area contributed by atoms with Gasteiger partial charge in [0.05, 0.1) is 11.7 Å². The van der Waals surface area contributed by atoms with Gasteiger partial charge in [-0.25, -0.2) is 8.78 Å². The van der Waals surface area contributed by atoms with Crippen LogP contribution in [0.3, 0.4) is 0 Å². The van der Waals surface area contributed by atoms with Crippen LogP contribution in [0.25, 0.3) is 0 Å². The van der Waals surface area contributed by atoms with Crippen LogP contribution in [0.15, 0.2) is 42.5 Å². The van der Waals surface area contributed by atoms with Gasteiger partial charge in [0.25, 0.3) is 0 Å². The Labute approximate surface area is 115 Å². The Kier molecular flexibility index (Phi) is 4.65. The highest BCUT2D eigenvalue weighted by Gasteiger charge is 2.17. The Morgan fingerprint density at radius 1 is 1.05 bits per heavy atom. The van der Waals surface area contributed by atoms with Gasteiger partial charge in [-0.05, 0) is 29.8 Å². The lowest BCUT2D eigenvalue weighted by molar-refractivity contribution is 0.164. The van der Waals surface area contributed by atoms with Gasteiger partial charge in [-0.15, -0.1) is 0 Å². The summed E-state index contributed by atoms with van der Waals surface area (Å²) in [5, 5.41) is 22.0. The van der Waals surface area contributed by atoms with Crippen LogP contribution in [-0.2, 0) is 6.54 Å². The number of aliphatic hydroxyl groups is 1. The van der Waals surface area contributed by atoms with Crippen molar-refractivity contribution in [2.24, 2.45) is 0 Å². The number of benzene rings is 2. The summed E-state index contributed by atoms with van der Waals surface area (Å²) in [6, 6.07) is 10.1. The molecule has 20 heavy (non-hydrogen) atoms. The van der Waals surface area contributed by atoms with Gasteiger partial charge in [-0.2, -0.15) is 0 Å². The van der Waals surface area contributed by atoms with Crippen molar-refractivity contribution >= 4 is 0 Å². The lowest BCUT2D eigenvalue weighted by atomic mass is 10.1. The SMILES string of the molecule is Oc1cccc(CNCC(O)c2c(F)cccc2F)c1. The van der Waals surface area contributed by atoms with Gasteiger partial charge in [0.15, 0.2) is 0 Å². The molecule has 3 nitrogen and oxygen atoms in total. The van der Waals surface area contributed by atoms with E-state index in [1.807, 2.05) is 0 Å². The van der Waals surface area contributed by atoms with Crippen molar-refractivity contribution in [3.05, 3.63) is 65.2 Å². The molecule has 0 aliphatic rings. The average Bonchev–Trinajstić information content (AvgIpc) is 2.38. The molecule has 2 aromatic rings. The topological polar surface area (TPSA) is 52.5 Å². The van der Waals surface area contributed by atoms with Crippen molar-refractivity contribution in [3.63, 3.8) is 0 Å². The molecular weight excluding hydrogens is 264 g/mol. The molecular formula is C15H15F2NO2. The van der Waals surface area contributed by atoms with Crippen LogP contribution in [0.4, 0.5) is 8.78 Å². The first-order valence-corrected chi connectivity index (χ1v) is 6.18. The third-order valence-electron chi connectivity index (χ3n) is 2.91. The van der Waals surface area contributed by atoms with Crippen LogP contribution in [0.5, 0.6) is 5.75 Å². The molecule has 0 saturated heterocycles. The van der Waals surface area contributed by atoms with E-state index in [4.69, 9.17) is 0 Å². The predicted molar refractivity (Wildman–Crippen MR) is 71.1 cm³/mol. The second kappa shape index (κ2) is 6.45. The zero-order chi connectivity index (χ0) is 14.5.